The Labute approximate surface area is 136 Å². The Morgan fingerprint density at radius 2 is 2.17 bits per heavy atom. The maximum absolute atomic E-state index is 12.0. The zero-order valence-electron chi connectivity index (χ0n) is 12.8. The van der Waals surface area contributed by atoms with Gasteiger partial charge in [0.1, 0.15) is 11.6 Å². The van der Waals surface area contributed by atoms with E-state index < -0.39 is 6.09 Å². The normalized spacial score (nSPS) is 10.9. The van der Waals surface area contributed by atoms with Gasteiger partial charge in [0.15, 0.2) is 10.7 Å². The van der Waals surface area contributed by atoms with Gasteiger partial charge in [-0.3, -0.25) is 0 Å². The number of carbonyl (C=O) groups is 1. The zero-order chi connectivity index (χ0) is 16.4. The third kappa shape index (κ3) is 2.95. The molecular weight excluding hydrogens is 316 g/mol. The second-order valence-electron chi connectivity index (χ2n) is 4.70. The van der Waals surface area contributed by atoms with Crippen molar-refractivity contribution in [3.8, 4) is 16.6 Å². The largest absolute Gasteiger partial charge is 0.415 e. The summed E-state index contributed by atoms with van der Waals surface area (Å²) in [4.78, 5) is 22.2. The topological polar surface area (TPSA) is 98.6 Å². The molecule has 3 heterocycles. The summed E-state index contributed by atoms with van der Waals surface area (Å²) in [5.74, 6) is 1.16. The molecule has 2 N–H and O–H groups in total. The van der Waals surface area contributed by atoms with E-state index >= 15 is 0 Å². The molecule has 3 rings (SSSR count). The van der Waals surface area contributed by atoms with Crippen LogP contribution in [-0.2, 0) is 0 Å². The van der Waals surface area contributed by atoms with Crippen molar-refractivity contribution in [2.24, 2.45) is 0 Å². The van der Waals surface area contributed by atoms with Crippen molar-refractivity contribution in [1.82, 2.24) is 24.5 Å². The quantitative estimate of drug-likeness (QED) is 0.787. The van der Waals surface area contributed by atoms with E-state index in [2.05, 4.69) is 15.1 Å². The molecule has 0 aliphatic carbocycles. The molecule has 0 aromatic carbocycles. The van der Waals surface area contributed by atoms with Gasteiger partial charge in [-0.2, -0.15) is 4.52 Å². The number of hydrogen-bond donors (Lipinski definition) is 1. The highest BCUT2D eigenvalue weighted by atomic mass is 32.1. The van der Waals surface area contributed by atoms with Gasteiger partial charge in [-0.25, -0.2) is 14.8 Å². The molecule has 0 spiro atoms. The van der Waals surface area contributed by atoms with Gasteiger partial charge in [0.2, 0.25) is 5.82 Å². The highest BCUT2D eigenvalue weighted by Crippen LogP contribution is 2.23. The third-order valence-electron chi connectivity index (χ3n) is 3.29. The van der Waals surface area contributed by atoms with Crippen LogP contribution in [-0.4, -0.2) is 43.7 Å². The molecule has 0 atom stereocenters. The molecular formula is C14H16N6O2S. The SMILES string of the molecule is CCN(CC)C(=O)Oc1cc(N)n2nc(-c3nccs3)nc2c1. The highest BCUT2D eigenvalue weighted by Gasteiger charge is 2.15. The molecule has 9 heteroatoms. The Morgan fingerprint density at radius 1 is 1.39 bits per heavy atom. The summed E-state index contributed by atoms with van der Waals surface area (Å²) in [6.07, 6.45) is 1.27. The van der Waals surface area contributed by atoms with Gasteiger partial charge in [-0.05, 0) is 13.8 Å². The van der Waals surface area contributed by atoms with Crippen LogP contribution in [0.25, 0.3) is 16.5 Å². The van der Waals surface area contributed by atoms with E-state index in [0.717, 1.165) is 0 Å². The Kier molecular flexibility index (Phi) is 4.11. The summed E-state index contributed by atoms with van der Waals surface area (Å²) < 4.78 is 6.85. The Hall–Kier alpha value is -2.68. The number of nitrogen functional groups attached to an aromatic ring is 1. The first-order valence-corrected chi connectivity index (χ1v) is 8.03. The number of ether oxygens (including phenoxy) is 1. The van der Waals surface area contributed by atoms with E-state index in [1.54, 1.807) is 23.2 Å². The Balaban J connectivity index is 1.93. The minimum Gasteiger partial charge on any atom is -0.410 e. The van der Waals surface area contributed by atoms with Crippen LogP contribution in [0.4, 0.5) is 10.6 Å². The van der Waals surface area contributed by atoms with Crippen LogP contribution in [0.5, 0.6) is 5.75 Å². The molecule has 0 aliphatic heterocycles. The summed E-state index contributed by atoms with van der Waals surface area (Å²) in [7, 11) is 0. The summed E-state index contributed by atoms with van der Waals surface area (Å²) in [6.45, 7) is 4.93. The number of hydrogen-bond acceptors (Lipinski definition) is 7. The molecule has 0 unspecified atom stereocenters. The van der Waals surface area contributed by atoms with Crippen molar-refractivity contribution in [3.05, 3.63) is 23.7 Å². The molecule has 3 aromatic heterocycles. The molecule has 0 radical (unpaired) electrons. The number of fused-ring (bicyclic) bond motifs is 1. The number of nitrogens with zero attached hydrogens (tertiary/aromatic N) is 5. The fourth-order valence-corrected chi connectivity index (χ4v) is 2.68. The predicted octanol–water partition coefficient (Wildman–Crippen LogP) is 2.28. The molecule has 0 bridgehead atoms. The van der Waals surface area contributed by atoms with Crippen molar-refractivity contribution in [2.45, 2.75) is 13.8 Å². The number of nitrogens with two attached hydrogens (primary N) is 1. The maximum atomic E-state index is 12.0. The molecule has 8 nitrogen and oxygen atoms in total. The molecule has 0 saturated carbocycles. The van der Waals surface area contributed by atoms with Crippen LogP contribution >= 0.6 is 11.3 Å². The number of rotatable bonds is 4. The number of amides is 1. The number of anilines is 1. The monoisotopic (exact) mass is 332 g/mol. The van der Waals surface area contributed by atoms with Crippen molar-refractivity contribution < 1.29 is 9.53 Å². The van der Waals surface area contributed by atoms with Gasteiger partial charge < -0.3 is 15.4 Å². The number of pyridine rings is 1. The first kappa shape index (κ1) is 15.2. The van der Waals surface area contributed by atoms with E-state index in [4.69, 9.17) is 10.5 Å². The Morgan fingerprint density at radius 3 is 2.83 bits per heavy atom. The Bertz CT molecular complexity index is 825. The zero-order valence-corrected chi connectivity index (χ0v) is 13.6. The van der Waals surface area contributed by atoms with Crippen LogP contribution in [0, 0.1) is 0 Å². The van der Waals surface area contributed by atoms with E-state index in [0.29, 0.717) is 41.1 Å². The van der Waals surface area contributed by atoms with Crippen molar-refractivity contribution in [2.75, 3.05) is 18.8 Å². The van der Waals surface area contributed by atoms with Crippen molar-refractivity contribution in [3.63, 3.8) is 0 Å². The molecule has 120 valence electrons. The number of carbonyl (C=O) groups excluding carboxylic acids is 1. The predicted molar refractivity (Wildman–Crippen MR) is 87.5 cm³/mol. The van der Waals surface area contributed by atoms with Crippen LogP contribution in [0.2, 0.25) is 0 Å². The lowest BCUT2D eigenvalue weighted by Gasteiger charge is -2.17. The van der Waals surface area contributed by atoms with Crippen molar-refractivity contribution >= 4 is 28.9 Å². The molecule has 0 fully saturated rings. The fourth-order valence-electron chi connectivity index (χ4n) is 2.11. The van der Waals surface area contributed by atoms with E-state index in [9.17, 15) is 4.79 Å². The number of thiazole rings is 1. The van der Waals surface area contributed by atoms with Crippen LogP contribution in [0.1, 0.15) is 13.8 Å². The minimum absolute atomic E-state index is 0.333. The van der Waals surface area contributed by atoms with Crippen molar-refractivity contribution in [1.29, 1.82) is 0 Å². The summed E-state index contributed by atoms with van der Waals surface area (Å²) >= 11 is 1.44. The van der Waals surface area contributed by atoms with Gasteiger partial charge in [-0.15, -0.1) is 16.4 Å². The summed E-state index contributed by atoms with van der Waals surface area (Å²) in [5.41, 5.74) is 6.48. The average molecular weight is 332 g/mol. The van der Waals surface area contributed by atoms with Gasteiger partial charge in [0.05, 0.1) is 0 Å². The highest BCUT2D eigenvalue weighted by molar-refractivity contribution is 7.13. The van der Waals surface area contributed by atoms with Gasteiger partial charge in [0, 0.05) is 36.8 Å². The van der Waals surface area contributed by atoms with Gasteiger partial charge in [0.25, 0.3) is 0 Å². The lowest BCUT2D eigenvalue weighted by Crippen LogP contribution is -2.33. The second kappa shape index (κ2) is 6.21. The third-order valence-corrected chi connectivity index (χ3v) is 4.06. The minimum atomic E-state index is -0.418. The fraction of sp³-hybridized carbons (Fsp3) is 0.286. The van der Waals surface area contributed by atoms with E-state index in [1.807, 2.05) is 19.2 Å². The molecule has 0 aliphatic rings. The van der Waals surface area contributed by atoms with Crippen LogP contribution in [0.3, 0.4) is 0 Å². The summed E-state index contributed by atoms with van der Waals surface area (Å²) in [6, 6.07) is 3.18. The first-order valence-electron chi connectivity index (χ1n) is 7.15. The molecule has 1 amide bonds. The van der Waals surface area contributed by atoms with E-state index in [1.165, 1.54) is 15.9 Å². The molecule has 0 saturated heterocycles. The lowest BCUT2D eigenvalue weighted by atomic mass is 10.4. The first-order chi connectivity index (χ1) is 11.1. The maximum Gasteiger partial charge on any atom is 0.415 e. The van der Waals surface area contributed by atoms with E-state index in [-0.39, 0.29) is 0 Å². The number of aromatic nitrogens is 4. The van der Waals surface area contributed by atoms with Crippen LogP contribution < -0.4 is 10.5 Å². The standard InChI is InChI=1S/C14H16N6O2S/c1-3-19(4-2)14(21)22-9-7-10(15)20-11(8-9)17-12(18-20)13-16-5-6-23-13/h5-8H,3-4,15H2,1-2H3. The second-order valence-corrected chi connectivity index (χ2v) is 5.59. The lowest BCUT2D eigenvalue weighted by molar-refractivity contribution is 0.157. The summed E-state index contributed by atoms with van der Waals surface area (Å²) in [5, 5.41) is 6.87. The smallest absolute Gasteiger partial charge is 0.410 e. The van der Waals surface area contributed by atoms with Gasteiger partial charge in [-0.1, -0.05) is 0 Å². The molecule has 3 aromatic rings. The van der Waals surface area contributed by atoms with Gasteiger partial charge >= 0.3 is 6.09 Å². The van der Waals surface area contributed by atoms with Crippen LogP contribution in [0.15, 0.2) is 23.7 Å². The average Bonchev–Trinajstić information content (AvgIpc) is 3.17. The molecule has 23 heavy (non-hydrogen) atoms.